The third-order valence-corrected chi connectivity index (χ3v) is 19.5. The number of carbonyl (C=O) groups excluding carboxylic acids is 1. The number of ether oxygens (including phenoxy) is 6. The molecule has 0 aromatic rings. The summed E-state index contributed by atoms with van der Waals surface area (Å²) in [5, 5.41) is 121. The fourth-order valence-corrected chi connectivity index (χ4v) is 13.3. The second-order valence-electron chi connectivity index (χ2n) is 27.8. The van der Waals surface area contributed by atoms with Crippen LogP contribution in [0.15, 0.2) is 24.3 Å². The van der Waals surface area contributed by atoms with Crippen LogP contribution in [0.4, 0.5) is 0 Å². The first-order chi connectivity index (χ1) is 45.8. The van der Waals surface area contributed by atoms with Crippen LogP contribution in [-0.4, -0.2) is 193 Å². The molecule has 17 unspecified atom stereocenters. The van der Waals surface area contributed by atoms with Crippen molar-refractivity contribution in [3.63, 3.8) is 0 Å². The van der Waals surface area contributed by atoms with Gasteiger partial charge in [-0.3, -0.25) is 4.79 Å². The third-order valence-electron chi connectivity index (χ3n) is 19.5. The van der Waals surface area contributed by atoms with Crippen LogP contribution in [0.3, 0.4) is 0 Å². The van der Waals surface area contributed by atoms with Crippen LogP contribution >= 0.6 is 0 Å². The van der Waals surface area contributed by atoms with E-state index in [1.165, 1.54) is 244 Å². The molecule has 17 atom stereocenters. The molecule has 0 radical (unpaired) electrons. The zero-order chi connectivity index (χ0) is 68.2. The van der Waals surface area contributed by atoms with Crippen LogP contribution in [0, 0.1) is 0 Å². The predicted molar refractivity (Wildman–Crippen MR) is 370 cm³/mol. The molecule has 3 aliphatic heterocycles. The van der Waals surface area contributed by atoms with E-state index in [1.54, 1.807) is 6.08 Å². The molecule has 0 bridgehead atoms. The average molecular weight is 1340 g/mol. The van der Waals surface area contributed by atoms with E-state index >= 15 is 0 Å². The SMILES string of the molecule is CCCCCCCCCCCCCCCCCCCCCCCC/C=C/CC/C=C/C(O)C(COC1OC(CO)C(OC2OC(CO)C(OC3OC(CO)C(O)C(O)C3O)C(O)C2O)C(O)C1O)NC(=O)CCCCCCCCCCCCCCCCCCCCCCC. The van der Waals surface area contributed by atoms with Gasteiger partial charge in [0.15, 0.2) is 18.9 Å². The van der Waals surface area contributed by atoms with Crippen molar-refractivity contribution in [1.29, 1.82) is 0 Å². The van der Waals surface area contributed by atoms with Gasteiger partial charge in [0.25, 0.3) is 0 Å². The lowest BCUT2D eigenvalue weighted by Crippen LogP contribution is -2.66. The van der Waals surface area contributed by atoms with Gasteiger partial charge in [-0.2, -0.15) is 0 Å². The van der Waals surface area contributed by atoms with Gasteiger partial charge in [0.1, 0.15) is 73.2 Å². The molecule has 554 valence electrons. The Kier molecular flexibility index (Phi) is 52.4. The topological polar surface area (TPSA) is 307 Å². The maximum atomic E-state index is 13.4. The monoisotopic (exact) mass is 1340 g/mol. The van der Waals surface area contributed by atoms with E-state index in [0.717, 1.165) is 38.5 Å². The Morgan fingerprint density at radius 1 is 0.372 bits per heavy atom. The second-order valence-corrected chi connectivity index (χ2v) is 27.8. The van der Waals surface area contributed by atoms with E-state index in [1.807, 2.05) is 6.08 Å². The molecule has 19 nitrogen and oxygen atoms in total. The number of nitrogens with one attached hydrogen (secondary N) is 1. The molecular formula is C75H141NO18. The van der Waals surface area contributed by atoms with Gasteiger partial charge in [-0.1, -0.05) is 301 Å². The number of rotatable bonds is 61. The first-order valence-corrected chi connectivity index (χ1v) is 38.6. The van der Waals surface area contributed by atoms with Crippen LogP contribution in [0.2, 0.25) is 0 Å². The molecule has 3 rings (SSSR count). The summed E-state index contributed by atoms with van der Waals surface area (Å²) in [6, 6.07) is -0.988. The van der Waals surface area contributed by atoms with Crippen molar-refractivity contribution in [3.8, 4) is 0 Å². The fourth-order valence-electron chi connectivity index (χ4n) is 13.3. The number of aliphatic hydroxyl groups excluding tert-OH is 11. The number of unbranched alkanes of at least 4 members (excludes halogenated alkanes) is 43. The highest BCUT2D eigenvalue weighted by molar-refractivity contribution is 5.76. The summed E-state index contributed by atoms with van der Waals surface area (Å²) >= 11 is 0. The molecule has 0 saturated carbocycles. The summed E-state index contributed by atoms with van der Waals surface area (Å²) in [5.74, 6) is -0.278. The van der Waals surface area contributed by atoms with Gasteiger partial charge in [0, 0.05) is 6.42 Å². The van der Waals surface area contributed by atoms with Crippen molar-refractivity contribution >= 4 is 5.91 Å². The Balaban J connectivity index is 1.41. The fraction of sp³-hybridized carbons (Fsp3) is 0.933. The number of hydrogen-bond acceptors (Lipinski definition) is 18. The molecule has 12 N–H and O–H groups in total. The van der Waals surface area contributed by atoms with Crippen molar-refractivity contribution in [2.75, 3.05) is 26.4 Å². The van der Waals surface area contributed by atoms with Gasteiger partial charge >= 0.3 is 0 Å². The summed E-state index contributed by atoms with van der Waals surface area (Å²) in [5.41, 5.74) is 0. The highest BCUT2D eigenvalue weighted by atomic mass is 16.8. The Bertz CT molecular complexity index is 1800. The van der Waals surface area contributed by atoms with Gasteiger partial charge in [-0.25, -0.2) is 0 Å². The van der Waals surface area contributed by atoms with Gasteiger partial charge < -0.3 is 89.9 Å². The number of hydrogen-bond donors (Lipinski definition) is 12. The molecule has 94 heavy (non-hydrogen) atoms. The van der Waals surface area contributed by atoms with Gasteiger partial charge in [-0.05, 0) is 32.1 Å². The minimum atomic E-state index is -1.98. The molecule has 3 fully saturated rings. The highest BCUT2D eigenvalue weighted by Crippen LogP contribution is 2.33. The minimum absolute atomic E-state index is 0.241. The Morgan fingerprint density at radius 3 is 1.06 bits per heavy atom. The molecular weight excluding hydrogens is 1200 g/mol. The second kappa shape index (κ2) is 57.0. The lowest BCUT2D eigenvalue weighted by molar-refractivity contribution is -0.379. The minimum Gasteiger partial charge on any atom is -0.394 e. The van der Waals surface area contributed by atoms with E-state index in [0.29, 0.717) is 12.8 Å². The summed E-state index contributed by atoms with van der Waals surface area (Å²) in [6.45, 7) is 1.77. The first kappa shape index (κ1) is 86.5. The molecule has 19 heteroatoms. The maximum Gasteiger partial charge on any atom is 0.220 e. The lowest BCUT2D eigenvalue weighted by atomic mass is 9.96. The molecule has 0 aliphatic carbocycles. The predicted octanol–water partition coefficient (Wildman–Crippen LogP) is 11.8. The van der Waals surface area contributed by atoms with Crippen LogP contribution in [0.1, 0.15) is 316 Å². The van der Waals surface area contributed by atoms with Gasteiger partial charge in [0.05, 0.1) is 38.6 Å². The van der Waals surface area contributed by atoms with E-state index in [9.17, 15) is 61.0 Å². The normalized spacial score (nSPS) is 27.4. The van der Waals surface area contributed by atoms with E-state index in [-0.39, 0.29) is 18.9 Å². The molecule has 0 aromatic carbocycles. The van der Waals surface area contributed by atoms with E-state index < -0.39 is 124 Å². The largest absolute Gasteiger partial charge is 0.394 e. The average Bonchev–Trinajstić information content (AvgIpc) is 0.787. The molecule has 3 aliphatic rings. The van der Waals surface area contributed by atoms with Crippen molar-refractivity contribution < 1.29 is 89.4 Å². The van der Waals surface area contributed by atoms with Crippen LogP contribution in [0.25, 0.3) is 0 Å². The summed E-state index contributed by atoms with van der Waals surface area (Å²) < 4.78 is 34.4. The molecule has 3 saturated heterocycles. The van der Waals surface area contributed by atoms with Crippen LogP contribution in [0.5, 0.6) is 0 Å². The smallest absolute Gasteiger partial charge is 0.220 e. The zero-order valence-corrected chi connectivity index (χ0v) is 59.0. The van der Waals surface area contributed by atoms with Crippen molar-refractivity contribution in [2.24, 2.45) is 0 Å². The standard InChI is InChI=1S/C75H141NO18/c1-3-5-7-9-11-13-15-17-19-21-23-25-26-27-28-29-30-31-33-34-36-38-40-42-44-46-48-50-52-59(80)58(76-63(81)53-51-49-47-45-43-41-39-37-35-32-24-22-20-18-16-14-12-10-8-6-4-2)57-89-73-69(87)66(84)71(61(55-78)91-73)94-75-70(88)67(85)72(62(56-79)92-75)93-74-68(86)65(83)64(82)60(54-77)90-74/h42,44,50,52,58-62,64-75,77-80,82-88H,3-41,43,45-49,51,53-57H2,1-2H3,(H,76,81)/b44-42+,52-50+. The van der Waals surface area contributed by atoms with Crippen molar-refractivity contribution in [3.05, 3.63) is 24.3 Å². The Hall–Kier alpha value is -1.73. The summed E-state index contributed by atoms with van der Waals surface area (Å²) in [7, 11) is 0. The third kappa shape index (κ3) is 37.6. The highest BCUT2D eigenvalue weighted by Gasteiger charge is 2.53. The quantitative estimate of drug-likeness (QED) is 0.0199. The summed E-state index contributed by atoms with van der Waals surface area (Å²) in [6.07, 6.45) is 40.2. The van der Waals surface area contributed by atoms with E-state index in [4.69, 9.17) is 28.4 Å². The molecule has 0 aromatic heterocycles. The lowest BCUT2D eigenvalue weighted by Gasteiger charge is -2.48. The Morgan fingerprint density at radius 2 is 0.681 bits per heavy atom. The van der Waals surface area contributed by atoms with Gasteiger partial charge in [-0.15, -0.1) is 0 Å². The zero-order valence-electron chi connectivity index (χ0n) is 59.0. The molecule has 1 amide bonds. The number of aliphatic hydroxyl groups is 11. The Labute approximate surface area is 568 Å². The van der Waals surface area contributed by atoms with Crippen molar-refractivity contribution in [1.82, 2.24) is 5.32 Å². The first-order valence-electron chi connectivity index (χ1n) is 38.6. The van der Waals surface area contributed by atoms with Crippen LogP contribution in [-0.2, 0) is 33.2 Å². The number of carbonyl (C=O) groups is 1. The summed E-state index contributed by atoms with van der Waals surface area (Å²) in [4.78, 5) is 13.4. The molecule has 0 spiro atoms. The van der Waals surface area contributed by atoms with Gasteiger partial charge in [0.2, 0.25) is 5.91 Å². The van der Waals surface area contributed by atoms with E-state index in [2.05, 4.69) is 31.3 Å². The van der Waals surface area contributed by atoms with Crippen LogP contribution < -0.4 is 5.32 Å². The maximum absolute atomic E-state index is 13.4. The van der Waals surface area contributed by atoms with Crippen molar-refractivity contribution in [2.45, 2.75) is 420 Å². The molecule has 3 heterocycles. The number of allylic oxidation sites excluding steroid dienone is 3. The number of amides is 1.